The van der Waals surface area contributed by atoms with Crippen LogP contribution in [0.25, 0.3) is 0 Å². The summed E-state index contributed by atoms with van der Waals surface area (Å²) in [5, 5.41) is -0.456. The molecule has 1 aromatic rings. The lowest BCUT2D eigenvalue weighted by atomic mass is 10.1. The Balaban J connectivity index is 2.94. The largest absolute Gasteiger partial charge is 0.416 e. The van der Waals surface area contributed by atoms with Gasteiger partial charge >= 0.3 is 6.18 Å². The van der Waals surface area contributed by atoms with Crippen LogP contribution in [0.4, 0.5) is 13.2 Å². The van der Waals surface area contributed by atoms with Gasteiger partial charge in [0.15, 0.2) is 0 Å². The van der Waals surface area contributed by atoms with Crippen molar-refractivity contribution in [3.05, 3.63) is 35.4 Å². The minimum atomic E-state index is -4.29. The molecule has 1 rings (SSSR count). The third-order valence-corrected chi connectivity index (χ3v) is 2.12. The summed E-state index contributed by atoms with van der Waals surface area (Å²) in [4.78, 5) is 0. The van der Waals surface area contributed by atoms with Gasteiger partial charge < -0.3 is 0 Å². The number of alkyl halides is 4. The highest BCUT2D eigenvalue weighted by Gasteiger charge is 2.29. The third kappa shape index (κ3) is 2.74. The van der Waals surface area contributed by atoms with Gasteiger partial charge in [-0.1, -0.05) is 12.1 Å². The number of hydrogen-bond donors (Lipinski definition) is 0. The van der Waals surface area contributed by atoms with E-state index in [9.17, 15) is 13.2 Å². The average molecular weight is 222 g/mol. The molecule has 0 N–H and O–H groups in total. The SMILES string of the molecule is FC(F)(F)c1ccc(C([Si])Cl)cc1. The zero-order chi connectivity index (χ0) is 10.1. The van der Waals surface area contributed by atoms with Crippen molar-refractivity contribution in [1.29, 1.82) is 0 Å². The molecule has 0 bridgehead atoms. The summed E-state index contributed by atoms with van der Waals surface area (Å²) in [5.74, 6) is 0. The Morgan fingerprint density at radius 2 is 1.62 bits per heavy atom. The molecule has 0 amide bonds. The maximum atomic E-state index is 12.1. The van der Waals surface area contributed by atoms with E-state index in [1.807, 2.05) is 0 Å². The van der Waals surface area contributed by atoms with Crippen molar-refractivity contribution >= 4 is 21.8 Å². The van der Waals surface area contributed by atoms with E-state index in [-0.39, 0.29) is 0 Å². The molecule has 0 nitrogen and oxygen atoms in total. The second kappa shape index (κ2) is 3.72. The monoisotopic (exact) mass is 221 g/mol. The number of rotatable bonds is 1. The minimum Gasteiger partial charge on any atom is -0.166 e. The van der Waals surface area contributed by atoms with Gasteiger partial charge in [0.1, 0.15) is 0 Å². The molecule has 13 heavy (non-hydrogen) atoms. The summed E-state index contributed by atoms with van der Waals surface area (Å²) in [6.45, 7) is 0. The van der Waals surface area contributed by atoms with Gasteiger partial charge in [-0.15, -0.1) is 11.6 Å². The first-order chi connectivity index (χ1) is 5.91. The van der Waals surface area contributed by atoms with Gasteiger partial charge in [-0.25, -0.2) is 0 Å². The number of benzene rings is 1. The highest BCUT2D eigenvalue weighted by molar-refractivity contribution is 6.40. The molecule has 1 atom stereocenters. The lowest BCUT2D eigenvalue weighted by Crippen LogP contribution is -2.04. The van der Waals surface area contributed by atoms with Crippen LogP contribution >= 0.6 is 11.6 Å². The van der Waals surface area contributed by atoms with Crippen molar-refractivity contribution in [1.82, 2.24) is 0 Å². The van der Waals surface area contributed by atoms with Gasteiger partial charge in [0.25, 0.3) is 0 Å². The predicted octanol–water partition coefficient (Wildman–Crippen LogP) is 3.11. The molecule has 69 valence electrons. The van der Waals surface area contributed by atoms with Crippen molar-refractivity contribution in [3.8, 4) is 0 Å². The van der Waals surface area contributed by atoms with Gasteiger partial charge in [0, 0.05) is 5.00 Å². The fraction of sp³-hybridized carbons (Fsp3) is 0.250. The van der Waals surface area contributed by atoms with Crippen molar-refractivity contribution in [3.63, 3.8) is 0 Å². The Morgan fingerprint density at radius 3 is 1.92 bits per heavy atom. The van der Waals surface area contributed by atoms with E-state index < -0.39 is 16.7 Å². The van der Waals surface area contributed by atoms with Gasteiger partial charge in [-0.05, 0) is 17.7 Å². The second-order valence-corrected chi connectivity index (χ2v) is 3.86. The van der Waals surface area contributed by atoms with Crippen LogP contribution in [0, 0.1) is 0 Å². The summed E-state index contributed by atoms with van der Waals surface area (Å²) < 4.78 is 36.2. The molecule has 0 heterocycles. The molecule has 0 aliphatic rings. The molecule has 0 aromatic heterocycles. The molecule has 0 saturated heterocycles. The lowest BCUT2D eigenvalue weighted by molar-refractivity contribution is -0.137. The molecular weight excluding hydrogens is 217 g/mol. The van der Waals surface area contributed by atoms with E-state index in [0.717, 1.165) is 12.1 Å². The lowest BCUT2D eigenvalue weighted by Gasteiger charge is -2.08. The molecule has 1 unspecified atom stereocenters. The van der Waals surface area contributed by atoms with Gasteiger partial charge in [0.05, 0.1) is 15.8 Å². The summed E-state index contributed by atoms with van der Waals surface area (Å²) in [5.41, 5.74) is -0.0634. The fourth-order valence-electron chi connectivity index (χ4n) is 0.841. The molecule has 0 fully saturated rings. The predicted molar refractivity (Wildman–Crippen MR) is 45.8 cm³/mol. The molecule has 0 aliphatic carbocycles. The first-order valence-corrected chi connectivity index (χ1v) is 4.45. The first-order valence-electron chi connectivity index (χ1n) is 3.43. The Bertz CT molecular complexity index is 278. The summed E-state index contributed by atoms with van der Waals surface area (Å²) >= 11 is 5.60. The average Bonchev–Trinajstić information content (AvgIpc) is 2.03. The molecule has 0 saturated carbocycles. The Labute approximate surface area is 82.1 Å². The normalized spacial score (nSPS) is 14.2. The Hall–Kier alpha value is -0.483. The zero-order valence-electron chi connectivity index (χ0n) is 6.40. The Morgan fingerprint density at radius 1 is 1.15 bits per heavy atom. The van der Waals surface area contributed by atoms with Crippen LogP contribution < -0.4 is 0 Å². The smallest absolute Gasteiger partial charge is 0.166 e. The maximum Gasteiger partial charge on any atom is 0.416 e. The molecule has 1 aromatic carbocycles. The van der Waals surface area contributed by atoms with E-state index in [1.54, 1.807) is 0 Å². The molecule has 5 heteroatoms. The highest BCUT2D eigenvalue weighted by Crippen LogP contribution is 2.30. The standard InChI is InChI=1S/C8H5ClF3Si/c9-7(13)5-1-3-6(4-2-5)8(10,11)12/h1-4,7H. The molecular formula is C8H5ClF3Si. The van der Waals surface area contributed by atoms with Crippen molar-refractivity contribution in [2.45, 2.75) is 11.2 Å². The quantitative estimate of drug-likeness (QED) is 0.505. The van der Waals surface area contributed by atoms with E-state index in [1.165, 1.54) is 12.1 Å². The zero-order valence-corrected chi connectivity index (χ0v) is 8.15. The summed E-state index contributed by atoms with van der Waals surface area (Å²) in [6, 6.07) is 4.69. The van der Waals surface area contributed by atoms with E-state index in [0.29, 0.717) is 5.56 Å². The van der Waals surface area contributed by atoms with Crippen LogP contribution in [0.3, 0.4) is 0 Å². The van der Waals surface area contributed by atoms with Crippen molar-refractivity contribution in [2.75, 3.05) is 0 Å². The second-order valence-electron chi connectivity index (χ2n) is 2.48. The van der Waals surface area contributed by atoms with Crippen LogP contribution in [-0.4, -0.2) is 10.2 Å². The summed E-state index contributed by atoms with van der Waals surface area (Å²) in [7, 11) is 3.09. The first kappa shape index (κ1) is 10.6. The van der Waals surface area contributed by atoms with Crippen LogP contribution in [-0.2, 0) is 6.18 Å². The van der Waals surface area contributed by atoms with E-state index in [2.05, 4.69) is 10.2 Å². The minimum absolute atomic E-state index is 0.456. The van der Waals surface area contributed by atoms with Gasteiger partial charge in [0.2, 0.25) is 0 Å². The topological polar surface area (TPSA) is 0 Å². The third-order valence-electron chi connectivity index (χ3n) is 1.53. The van der Waals surface area contributed by atoms with Crippen LogP contribution in [0.15, 0.2) is 24.3 Å². The van der Waals surface area contributed by atoms with Crippen molar-refractivity contribution < 1.29 is 13.2 Å². The Kier molecular flexibility index (Phi) is 3.03. The molecule has 0 aliphatic heterocycles. The number of halogens is 4. The molecule has 0 spiro atoms. The van der Waals surface area contributed by atoms with Gasteiger partial charge in [-0.2, -0.15) is 13.2 Å². The van der Waals surface area contributed by atoms with Crippen LogP contribution in [0.1, 0.15) is 16.1 Å². The highest BCUT2D eigenvalue weighted by atomic mass is 35.5. The fourth-order valence-corrected chi connectivity index (χ4v) is 1.18. The van der Waals surface area contributed by atoms with Crippen LogP contribution in [0.2, 0.25) is 0 Å². The van der Waals surface area contributed by atoms with Gasteiger partial charge in [-0.3, -0.25) is 0 Å². The summed E-state index contributed by atoms with van der Waals surface area (Å²) in [6.07, 6.45) is -4.29. The van der Waals surface area contributed by atoms with E-state index in [4.69, 9.17) is 11.6 Å². The van der Waals surface area contributed by atoms with Crippen molar-refractivity contribution in [2.24, 2.45) is 0 Å². The maximum absolute atomic E-state index is 12.1. The van der Waals surface area contributed by atoms with Crippen LogP contribution in [0.5, 0.6) is 0 Å². The number of hydrogen-bond acceptors (Lipinski definition) is 0. The van der Waals surface area contributed by atoms with E-state index >= 15 is 0 Å². The molecule has 3 radical (unpaired) electrons.